The summed E-state index contributed by atoms with van der Waals surface area (Å²) in [7, 11) is 0. The van der Waals surface area contributed by atoms with Gasteiger partial charge in [-0.1, -0.05) is 18.5 Å². The average Bonchev–Trinajstić information content (AvgIpc) is 3.42. The van der Waals surface area contributed by atoms with E-state index in [0.29, 0.717) is 24.0 Å². The average molecular weight is 406 g/mol. The summed E-state index contributed by atoms with van der Waals surface area (Å²) in [5.41, 5.74) is 0.436. The summed E-state index contributed by atoms with van der Waals surface area (Å²) in [4.78, 5) is 26.8. The summed E-state index contributed by atoms with van der Waals surface area (Å²) in [6, 6.07) is 6.98. The van der Waals surface area contributed by atoms with Gasteiger partial charge in [0.1, 0.15) is 6.10 Å². The van der Waals surface area contributed by atoms with E-state index in [2.05, 4.69) is 17.6 Å². The van der Waals surface area contributed by atoms with Crippen LogP contribution in [0, 0.1) is 11.8 Å². The minimum Gasteiger partial charge on any atom is -0.362 e. The summed E-state index contributed by atoms with van der Waals surface area (Å²) in [5.74, 6) is 0.873. The molecule has 3 unspecified atom stereocenters. The number of piperidine rings is 1. The molecule has 1 aliphatic carbocycles. The van der Waals surface area contributed by atoms with Crippen molar-refractivity contribution >= 4 is 29.2 Å². The maximum Gasteiger partial charge on any atom is 0.321 e. The van der Waals surface area contributed by atoms with Crippen LogP contribution >= 0.6 is 11.6 Å². The highest BCUT2D eigenvalue weighted by molar-refractivity contribution is 6.30. The third-order valence-corrected chi connectivity index (χ3v) is 6.59. The van der Waals surface area contributed by atoms with Crippen LogP contribution in [0.15, 0.2) is 24.3 Å². The summed E-state index contributed by atoms with van der Waals surface area (Å²) in [6.45, 7) is 4.14. The molecule has 1 saturated carbocycles. The molecule has 7 heteroatoms. The Balaban J connectivity index is 1.30. The highest BCUT2D eigenvalue weighted by Gasteiger charge is 2.49. The molecule has 28 heavy (non-hydrogen) atoms. The molecule has 1 spiro atoms. The molecule has 0 bridgehead atoms. The van der Waals surface area contributed by atoms with Crippen molar-refractivity contribution in [3.8, 4) is 0 Å². The number of nitrogens with one attached hydrogen (secondary N) is 2. The van der Waals surface area contributed by atoms with Crippen LogP contribution < -0.4 is 10.6 Å². The molecule has 3 atom stereocenters. The van der Waals surface area contributed by atoms with Gasteiger partial charge in [-0.3, -0.25) is 4.79 Å². The lowest BCUT2D eigenvalue weighted by Gasteiger charge is -2.44. The molecular formula is C21H28ClN3O3. The SMILES string of the molecule is CC1CN(C(=O)Nc2ccc(Cl)cc2)CCC12CCC(C(=O)NCC1CC1)O2. The highest BCUT2D eigenvalue weighted by atomic mass is 35.5. The first-order chi connectivity index (χ1) is 13.4. The number of urea groups is 1. The van der Waals surface area contributed by atoms with Gasteiger partial charge in [0.25, 0.3) is 0 Å². The van der Waals surface area contributed by atoms with Crippen molar-refractivity contribution in [2.24, 2.45) is 11.8 Å². The Bertz CT molecular complexity index is 737. The van der Waals surface area contributed by atoms with Crippen LogP contribution in [0.4, 0.5) is 10.5 Å². The summed E-state index contributed by atoms with van der Waals surface area (Å²) >= 11 is 5.89. The van der Waals surface area contributed by atoms with E-state index in [1.165, 1.54) is 12.8 Å². The zero-order chi connectivity index (χ0) is 19.7. The topological polar surface area (TPSA) is 70.7 Å². The highest BCUT2D eigenvalue weighted by Crippen LogP contribution is 2.42. The number of rotatable bonds is 4. The van der Waals surface area contributed by atoms with Crippen LogP contribution in [0.2, 0.25) is 5.02 Å². The van der Waals surface area contributed by atoms with Crippen LogP contribution in [0.25, 0.3) is 0 Å². The second kappa shape index (κ2) is 7.91. The summed E-state index contributed by atoms with van der Waals surface area (Å²) < 4.78 is 6.29. The Morgan fingerprint density at radius 2 is 1.96 bits per heavy atom. The lowest BCUT2D eigenvalue weighted by Crippen LogP contribution is -2.54. The van der Waals surface area contributed by atoms with E-state index in [1.807, 2.05) is 4.90 Å². The van der Waals surface area contributed by atoms with Crippen molar-refractivity contribution < 1.29 is 14.3 Å². The number of benzene rings is 1. The van der Waals surface area contributed by atoms with Gasteiger partial charge in [-0.05, 0) is 62.3 Å². The minimum atomic E-state index is -0.351. The molecule has 1 aromatic rings. The number of likely N-dealkylation sites (tertiary alicyclic amines) is 1. The van der Waals surface area contributed by atoms with E-state index in [1.54, 1.807) is 24.3 Å². The minimum absolute atomic E-state index is 0.0267. The molecule has 0 radical (unpaired) electrons. The van der Waals surface area contributed by atoms with Gasteiger partial charge in [-0.15, -0.1) is 0 Å². The second-order valence-corrected chi connectivity index (χ2v) is 8.87. The first kappa shape index (κ1) is 19.5. The fourth-order valence-corrected chi connectivity index (χ4v) is 4.39. The van der Waals surface area contributed by atoms with Gasteiger partial charge >= 0.3 is 6.03 Å². The fourth-order valence-electron chi connectivity index (χ4n) is 4.27. The number of hydrogen-bond donors (Lipinski definition) is 2. The summed E-state index contributed by atoms with van der Waals surface area (Å²) in [5, 5.41) is 6.60. The lowest BCUT2D eigenvalue weighted by atomic mass is 9.80. The van der Waals surface area contributed by atoms with Crippen molar-refractivity contribution in [3.05, 3.63) is 29.3 Å². The molecular weight excluding hydrogens is 378 g/mol. The van der Waals surface area contributed by atoms with E-state index in [0.717, 1.165) is 31.5 Å². The Morgan fingerprint density at radius 1 is 1.21 bits per heavy atom. The van der Waals surface area contributed by atoms with Crippen molar-refractivity contribution in [3.63, 3.8) is 0 Å². The Hall–Kier alpha value is -1.79. The molecule has 2 N–H and O–H groups in total. The van der Waals surface area contributed by atoms with Crippen LogP contribution in [0.5, 0.6) is 0 Å². The standard InChI is InChI=1S/C21H28ClN3O3/c1-14-13-25(20(27)24-17-6-4-16(22)5-7-17)11-10-21(14)9-8-18(28-21)19(26)23-12-15-2-3-15/h4-7,14-15,18H,2-3,8-13H2,1H3,(H,23,26)(H,24,27). The predicted molar refractivity (Wildman–Crippen MR) is 108 cm³/mol. The number of halogens is 1. The molecule has 6 nitrogen and oxygen atoms in total. The van der Waals surface area contributed by atoms with Gasteiger partial charge in [0.05, 0.1) is 5.60 Å². The quantitative estimate of drug-likeness (QED) is 0.803. The number of hydrogen-bond acceptors (Lipinski definition) is 3. The third kappa shape index (κ3) is 4.28. The van der Waals surface area contributed by atoms with Gasteiger partial charge < -0.3 is 20.3 Å². The molecule has 2 saturated heterocycles. The lowest BCUT2D eigenvalue weighted by molar-refractivity contribution is -0.146. The van der Waals surface area contributed by atoms with Crippen molar-refractivity contribution in [2.75, 3.05) is 25.0 Å². The fraction of sp³-hybridized carbons (Fsp3) is 0.619. The number of carbonyl (C=O) groups is 2. The molecule has 1 aromatic carbocycles. The molecule has 0 aromatic heterocycles. The molecule has 2 aliphatic heterocycles. The van der Waals surface area contributed by atoms with Gasteiger partial charge in [0.2, 0.25) is 5.91 Å². The third-order valence-electron chi connectivity index (χ3n) is 6.34. The monoisotopic (exact) mass is 405 g/mol. The number of anilines is 1. The summed E-state index contributed by atoms with van der Waals surface area (Å²) in [6.07, 6.45) is 4.49. The zero-order valence-electron chi connectivity index (χ0n) is 16.2. The van der Waals surface area contributed by atoms with E-state index in [4.69, 9.17) is 16.3 Å². The first-order valence-electron chi connectivity index (χ1n) is 10.2. The number of ether oxygens (including phenoxy) is 1. The smallest absolute Gasteiger partial charge is 0.321 e. The molecule has 4 rings (SSSR count). The van der Waals surface area contributed by atoms with Gasteiger partial charge in [-0.25, -0.2) is 4.79 Å². The normalized spacial score (nSPS) is 29.7. The largest absolute Gasteiger partial charge is 0.362 e. The van der Waals surface area contributed by atoms with E-state index < -0.39 is 0 Å². The van der Waals surface area contributed by atoms with Crippen LogP contribution in [-0.2, 0) is 9.53 Å². The Labute approximate surface area is 170 Å². The molecule has 2 heterocycles. The maximum absolute atomic E-state index is 12.6. The van der Waals surface area contributed by atoms with Crippen LogP contribution in [-0.4, -0.2) is 48.2 Å². The zero-order valence-corrected chi connectivity index (χ0v) is 17.0. The van der Waals surface area contributed by atoms with Crippen molar-refractivity contribution in [2.45, 2.75) is 50.7 Å². The first-order valence-corrected chi connectivity index (χ1v) is 10.6. The predicted octanol–water partition coefficient (Wildman–Crippen LogP) is 3.66. The van der Waals surface area contributed by atoms with E-state index in [9.17, 15) is 9.59 Å². The van der Waals surface area contributed by atoms with E-state index in [-0.39, 0.29) is 29.6 Å². The number of carbonyl (C=O) groups excluding carboxylic acids is 2. The van der Waals surface area contributed by atoms with Gasteiger partial charge in [0, 0.05) is 36.3 Å². The Morgan fingerprint density at radius 3 is 2.64 bits per heavy atom. The van der Waals surface area contributed by atoms with Gasteiger partial charge in [0.15, 0.2) is 0 Å². The maximum atomic E-state index is 12.6. The molecule has 3 fully saturated rings. The van der Waals surface area contributed by atoms with Crippen LogP contribution in [0.3, 0.4) is 0 Å². The molecule has 3 amide bonds. The van der Waals surface area contributed by atoms with E-state index >= 15 is 0 Å². The number of nitrogens with zero attached hydrogens (tertiary/aromatic N) is 1. The second-order valence-electron chi connectivity index (χ2n) is 8.43. The Kier molecular flexibility index (Phi) is 5.52. The van der Waals surface area contributed by atoms with Gasteiger partial charge in [-0.2, -0.15) is 0 Å². The molecule has 3 aliphatic rings. The van der Waals surface area contributed by atoms with Crippen LogP contribution in [0.1, 0.15) is 39.0 Å². The van der Waals surface area contributed by atoms with Crippen molar-refractivity contribution in [1.82, 2.24) is 10.2 Å². The molecule has 152 valence electrons. The van der Waals surface area contributed by atoms with Crippen molar-refractivity contribution in [1.29, 1.82) is 0 Å². The number of amides is 3.